The zero-order chi connectivity index (χ0) is 30.2. The van der Waals surface area contributed by atoms with Gasteiger partial charge in [0.05, 0.1) is 33.2 Å². The highest BCUT2D eigenvalue weighted by Gasteiger charge is 2.47. The third-order valence-corrected chi connectivity index (χ3v) is 11.4. The van der Waals surface area contributed by atoms with E-state index in [1.807, 2.05) is 20.0 Å². The number of benzene rings is 2. The number of hydrogen-bond acceptors (Lipinski definition) is 6. The van der Waals surface area contributed by atoms with Gasteiger partial charge in [-0.3, -0.25) is 4.79 Å². The van der Waals surface area contributed by atoms with E-state index < -0.39 is 15.3 Å². The second-order valence-corrected chi connectivity index (χ2v) is 15.0. The normalized spacial score (nSPS) is 22.5. The summed E-state index contributed by atoms with van der Waals surface area (Å²) in [5, 5.41) is 17.6. The van der Waals surface area contributed by atoms with E-state index in [0.29, 0.717) is 37.4 Å². The lowest BCUT2D eigenvalue weighted by Crippen LogP contribution is -2.42. The average Bonchev–Trinajstić information content (AvgIpc) is 3.64. The van der Waals surface area contributed by atoms with Gasteiger partial charge in [0.15, 0.2) is 0 Å². The summed E-state index contributed by atoms with van der Waals surface area (Å²) in [6.07, 6.45) is 6.92. The van der Waals surface area contributed by atoms with Gasteiger partial charge in [0.2, 0.25) is 5.91 Å². The minimum Gasteiger partial charge on any atom is -0.370 e. The number of nitrogens with one attached hydrogen (secondary N) is 1. The van der Waals surface area contributed by atoms with Crippen molar-refractivity contribution in [2.45, 2.75) is 69.9 Å². The lowest BCUT2D eigenvalue weighted by Gasteiger charge is -2.31. The van der Waals surface area contributed by atoms with Crippen LogP contribution in [0.15, 0.2) is 59.1 Å². The van der Waals surface area contributed by atoms with E-state index in [0.717, 1.165) is 53.9 Å². The summed E-state index contributed by atoms with van der Waals surface area (Å²) in [5.74, 6) is 0.397. The molecule has 3 aliphatic rings. The standard InChI is InChI=1S/C33H39FN6O2S/c1-23(2)38-43(42)19-17-39(18-20-43)26-11-7-24(8-12-26)30-21-40(27-13-9-25(34)10-14-27)37-31(30)28-5-3-4-6-29(28)32(41)36-33(22-35)15-16-33/h7-14,21,23,28-29H,3-6,15-20H2,1-2H3,(H,36,41)/t28-,29-/m1/s1. The van der Waals surface area contributed by atoms with Crippen LogP contribution in [-0.4, -0.2) is 56.1 Å². The maximum Gasteiger partial charge on any atom is 0.225 e. The maximum absolute atomic E-state index is 13.7. The number of anilines is 1. The molecule has 3 aromatic rings. The Kier molecular flexibility index (Phi) is 8.03. The first-order chi connectivity index (χ1) is 20.7. The van der Waals surface area contributed by atoms with Crippen LogP contribution in [0.1, 0.15) is 64.0 Å². The Labute approximate surface area is 253 Å². The molecule has 2 heterocycles. The molecule has 2 aliphatic carbocycles. The van der Waals surface area contributed by atoms with Crippen molar-refractivity contribution in [2.75, 3.05) is 29.5 Å². The summed E-state index contributed by atoms with van der Waals surface area (Å²) in [4.78, 5) is 15.8. The second kappa shape index (κ2) is 11.8. The monoisotopic (exact) mass is 602 g/mol. The van der Waals surface area contributed by atoms with Crippen LogP contribution in [0.5, 0.6) is 0 Å². The third-order valence-electron chi connectivity index (χ3n) is 8.92. The van der Waals surface area contributed by atoms with E-state index in [4.69, 9.17) is 5.10 Å². The van der Waals surface area contributed by atoms with Crippen molar-refractivity contribution in [3.05, 3.63) is 66.2 Å². The fraction of sp³-hybridized carbons (Fsp3) is 0.485. The van der Waals surface area contributed by atoms with Gasteiger partial charge in [0.25, 0.3) is 0 Å². The summed E-state index contributed by atoms with van der Waals surface area (Å²) < 4.78 is 33.1. The minimum atomic E-state index is -2.15. The molecular formula is C33H39FN6O2S. The first kappa shape index (κ1) is 29.4. The smallest absolute Gasteiger partial charge is 0.225 e. The molecule has 1 aliphatic heterocycles. The fourth-order valence-electron chi connectivity index (χ4n) is 6.42. The van der Waals surface area contributed by atoms with Crippen LogP contribution in [0.3, 0.4) is 0 Å². The lowest BCUT2D eigenvalue weighted by molar-refractivity contribution is -0.127. The summed E-state index contributed by atoms with van der Waals surface area (Å²) >= 11 is 0. The number of carbonyl (C=O) groups excluding carboxylic acids is 1. The van der Waals surface area contributed by atoms with Crippen molar-refractivity contribution in [3.8, 4) is 22.9 Å². The minimum absolute atomic E-state index is 0.0627. The van der Waals surface area contributed by atoms with E-state index >= 15 is 0 Å². The maximum atomic E-state index is 13.7. The molecule has 6 rings (SSSR count). The number of hydrogen-bond donors (Lipinski definition) is 1. The predicted octanol–water partition coefficient (Wildman–Crippen LogP) is 5.82. The van der Waals surface area contributed by atoms with Crippen molar-refractivity contribution < 1.29 is 13.4 Å². The van der Waals surface area contributed by atoms with Gasteiger partial charge in [0, 0.05) is 53.9 Å². The zero-order valence-electron chi connectivity index (χ0n) is 24.8. The van der Waals surface area contributed by atoms with Gasteiger partial charge in [-0.25, -0.2) is 17.6 Å². The quantitative estimate of drug-likeness (QED) is 0.367. The summed E-state index contributed by atoms with van der Waals surface area (Å²) in [6, 6.07) is 17.0. The van der Waals surface area contributed by atoms with Crippen molar-refractivity contribution in [3.63, 3.8) is 0 Å². The number of halogens is 1. The van der Waals surface area contributed by atoms with E-state index in [2.05, 4.69) is 44.9 Å². The van der Waals surface area contributed by atoms with Crippen LogP contribution in [0.4, 0.5) is 10.1 Å². The molecule has 2 atom stereocenters. The Morgan fingerprint density at radius 2 is 1.72 bits per heavy atom. The molecule has 0 spiro atoms. The van der Waals surface area contributed by atoms with Gasteiger partial charge in [-0.2, -0.15) is 10.4 Å². The second-order valence-electron chi connectivity index (χ2n) is 12.4. The van der Waals surface area contributed by atoms with Gasteiger partial charge < -0.3 is 10.2 Å². The summed E-state index contributed by atoms with van der Waals surface area (Å²) in [5.41, 5.74) is 3.89. The lowest BCUT2D eigenvalue weighted by atomic mass is 9.75. The molecule has 0 radical (unpaired) electrons. The van der Waals surface area contributed by atoms with Crippen LogP contribution in [0.25, 0.3) is 16.8 Å². The summed E-state index contributed by atoms with van der Waals surface area (Å²) in [6.45, 7) is 5.35. The molecule has 10 heteroatoms. The molecule has 43 heavy (non-hydrogen) atoms. The van der Waals surface area contributed by atoms with Crippen LogP contribution in [0.2, 0.25) is 0 Å². The molecule has 0 bridgehead atoms. The third kappa shape index (κ3) is 6.32. The van der Waals surface area contributed by atoms with Crippen molar-refractivity contribution in [1.29, 1.82) is 5.26 Å². The molecule has 2 aromatic carbocycles. The van der Waals surface area contributed by atoms with Crippen LogP contribution in [-0.2, 0) is 14.5 Å². The molecule has 0 unspecified atom stereocenters. The molecule has 1 N–H and O–H groups in total. The molecule has 1 saturated heterocycles. The number of rotatable bonds is 7. The highest BCUT2D eigenvalue weighted by atomic mass is 32.2. The summed E-state index contributed by atoms with van der Waals surface area (Å²) in [7, 11) is -2.15. The molecular weight excluding hydrogens is 563 g/mol. The number of aromatic nitrogens is 2. The first-order valence-corrected chi connectivity index (χ1v) is 17.2. The van der Waals surface area contributed by atoms with E-state index in [1.165, 1.54) is 12.1 Å². The largest absolute Gasteiger partial charge is 0.370 e. The number of carbonyl (C=O) groups is 1. The van der Waals surface area contributed by atoms with Crippen LogP contribution < -0.4 is 10.2 Å². The first-order valence-electron chi connectivity index (χ1n) is 15.3. The van der Waals surface area contributed by atoms with Gasteiger partial charge in [-0.1, -0.05) is 25.0 Å². The topological polar surface area (TPSA) is 103 Å². The van der Waals surface area contributed by atoms with E-state index in [1.54, 1.807) is 16.8 Å². The van der Waals surface area contributed by atoms with Crippen molar-refractivity contribution >= 4 is 21.3 Å². The Morgan fingerprint density at radius 1 is 1.07 bits per heavy atom. The van der Waals surface area contributed by atoms with Gasteiger partial charge in [0.1, 0.15) is 11.4 Å². The number of nitriles is 1. The number of nitrogens with zero attached hydrogens (tertiary/aromatic N) is 5. The molecule has 1 aromatic heterocycles. The van der Waals surface area contributed by atoms with Gasteiger partial charge >= 0.3 is 0 Å². The van der Waals surface area contributed by atoms with Crippen molar-refractivity contribution in [2.24, 2.45) is 10.3 Å². The molecule has 2 saturated carbocycles. The molecule has 8 nitrogen and oxygen atoms in total. The van der Waals surface area contributed by atoms with E-state index in [-0.39, 0.29) is 29.6 Å². The van der Waals surface area contributed by atoms with Crippen LogP contribution in [0, 0.1) is 23.1 Å². The zero-order valence-corrected chi connectivity index (χ0v) is 25.7. The Bertz CT molecular complexity index is 1630. The molecule has 1 amide bonds. The SMILES string of the molecule is CC(C)N=S1(=O)CCN(c2ccc(-c3cn(-c4ccc(F)cc4)nc3[C@@H]3CCCC[C@H]3C(=O)NC3(C#N)CC3)cc2)CC1. The molecule has 3 fully saturated rings. The highest BCUT2D eigenvalue weighted by Crippen LogP contribution is 2.43. The van der Waals surface area contributed by atoms with Crippen LogP contribution >= 0.6 is 0 Å². The highest BCUT2D eigenvalue weighted by molar-refractivity contribution is 7.93. The van der Waals surface area contributed by atoms with Crippen molar-refractivity contribution in [1.82, 2.24) is 15.1 Å². The average molecular weight is 603 g/mol. The molecule has 226 valence electrons. The predicted molar refractivity (Wildman–Crippen MR) is 167 cm³/mol. The fourth-order valence-corrected chi connectivity index (χ4v) is 8.61. The Morgan fingerprint density at radius 3 is 2.35 bits per heavy atom. The number of amides is 1. The van der Waals surface area contributed by atoms with Gasteiger partial charge in [-0.15, -0.1) is 0 Å². The Balaban J connectivity index is 1.31. The Hall–Kier alpha value is -3.71. The van der Waals surface area contributed by atoms with Gasteiger partial charge in [-0.05, 0) is 81.5 Å². The van der Waals surface area contributed by atoms with E-state index in [9.17, 15) is 18.7 Å².